The minimum atomic E-state index is -0.415. The van der Waals surface area contributed by atoms with Gasteiger partial charge in [-0.1, -0.05) is 145 Å². The van der Waals surface area contributed by atoms with Crippen LogP contribution in [-0.2, 0) is 66.3 Å². The number of ether oxygens (including phenoxy) is 14. The summed E-state index contributed by atoms with van der Waals surface area (Å²) in [6.45, 7) is 47.2. The Morgan fingerprint density at radius 3 is 0.351 bits per heavy atom. The van der Waals surface area contributed by atoms with Gasteiger partial charge in [0.2, 0.25) is 0 Å². The van der Waals surface area contributed by atoms with E-state index in [1.54, 1.807) is 0 Å². The highest BCUT2D eigenvalue weighted by molar-refractivity contribution is 4.97. The summed E-state index contributed by atoms with van der Waals surface area (Å²) in [6.07, 6.45) is 0.183. The van der Waals surface area contributed by atoms with Gasteiger partial charge in [0.25, 0.3) is 0 Å². The van der Waals surface area contributed by atoms with E-state index in [2.05, 4.69) is 145 Å². The Hall–Kier alpha value is -0.560. The summed E-state index contributed by atoms with van der Waals surface area (Å²) in [5.41, 5.74) is 0. The van der Waals surface area contributed by atoms with Gasteiger partial charge in [-0.2, -0.15) is 0 Å². The van der Waals surface area contributed by atoms with Crippen LogP contribution < -0.4 is 0 Å². The second-order valence-electron chi connectivity index (χ2n) is 26.4. The zero-order chi connectivity index (χ0) is 56.1. The van der Waals surface area contributed by atoms with Gasteiger partial charge in [0.05, 0.1) is 85.5 Å². The maximum Gasteiger partial charge on any atom is 0.161 e. The van der Waals surface area contributed by atoms with E-state index in [-0.39, 0.29) is 168 Å². The third-order valence-electron chi connectivity index (χ3n) is 22.0. The minimum Gasteiger partial charge on any atom is -0.346 e. The molecule has 0 spiro atoms. The van der Waals surface area contributed by atoms with Crippen molar-refractivity contribution in [3.05, 3.63) is 0 Å². The molecule has 14 heteroatoms. The molecule has 77 heavy (non-hydrogen) atoms. The Balaban J connectivity index is 1.08. The largest absolute Gasteiger partial charge is 0.346 e. The molecular weight excluding hydrogens is 981 g/mol. The third kappa shape index (κ3) is 12.4. The van der Waals surface area contributed by atoms with E-state index in [4.69, 9.17) is 66.3 Å². The normalized spacial score (nSPS) is 55.4. The third-order valence-corrected chi connectivity index (χ3v) is 22.0. The summed E-state index contributed by atoms with van der Waals surface area (Å²) in [7, 11) is 0. The van der Waals surface area contributed by atoms with Crippen LogP contribution in [0.3, 0.4) is 0 Å². The average molecular weight is 1090 g/mol. The smallest absolute Gasteiger partial charge is 0.161 e. The highest BCUT2D eigenvalue weighted by atomic mass is 16.8. The number of hydrogen-bond donors (Lipinski definition) is 0. The Morgan fingerprint density at radius 1 is 0.156 bits per heavy atom. The molecule has 14 nitrogen and oxygen atoms in total. The highest BCUT2D eigenvalue weighted by Crippen LogP contribution is 2.48. The van der Waals surface area contributed by atoms with Crippen LogP contribution in [0.25, 0.3) is 0 Å². The van der Waals surface area contributed by atoms with Gasteiger partial charge in [0.1, 0.15) is 0 Å². The lowest BCUT2D eigenvalue weighted by atomic mass is 9.80. The van der Waals surface area contributed by atoms with Gasteiger partial charge in [0, 0.05) is 41.4 Å². The molecule has 448 valence electrons. The predicted molar refractivity (Wildman–Crippen MR) is 295 cm³/mol. The zero-order valence-electron chi connectivity index (χ0n) is 51.9. The molecule has 0 saturated carbocycles. The van der Waals surface area contributed by atoms with Crippen molar-refractivity contribution < 1.29 is 66.3 Å². The fourth-order valence-electron chi connectivity index (χ4n) is 14.8. The van der Waals surface area contributed by atoms with Crippen LogP contribution >= 0.6 is 0 Å². The van der Waals surface area contributed by atoms with Crippen molar-refractivity contribution in [1.82, 2.24) is 0 Å². The molecule has 21 aliphatic heterocycles. The lowest BCUT2D eigenvalue weighted by molar-refractivity contribution is -0.368. The topological polar surface area (TPSA) is 129 Å². The minimum absolute atomic E-state index is 0.0573. The van der Waals surface area contributed by atoms with Crippen LogP contribution in [0, 0.1) is 82.9 Å². The first-order chi connectivity index (χ1) is 36.7. The van der Waals surface area contributed by atoms with Gasteiger partial charge in [-0.15, -0.1) is 0 Å². The van der Waals surface area contributed by atoms with Crippen molar-refractivity contribution in [2.75, 3.05) is 0 Å². The molecule has 0 amide bonds. The van der Waals surface area contributed by atoms with Crippen molar-refractivity contribution in [3.63, 3.8) is 0 Å². The van der Waals surface area contributed by atoms with E-state index in [0.717, 1.165) is 44.9 Å². The SMILES string of the molecule is CCC1OC2OC3C(CC)OC(OC4C(CC)OC(OC5C(CC)OC(OC6C(CC)OC(OC7C(CC)OC(OC8C(CC)OC(OC1C(C)C2C)C(C)C8C)C(C)C7C)C(C)C6C)C(C)C5C)C(C)C4C)C(C)C3C. The van der Waals surface area contributed by atoms with Crippen molar-refractivity contribution in [2.24, 2.45) is 82.9 Å². The predicted octanol–water partition coefficient (Wildman–Crippen LogP) is 12.5. The van der Waals surface area contributed by atoms with E-state index in [1.165, 1.54) is 0 Å². The molecule has 0 aromatic carbocycles. The molecule has 0 aromatic rings. The van der Waals surface area contributed by atoms with Crippen molar-refractivity contribution >= 4 is 0 Å². The highest BCUT2D eigenvalue weighted by Gasteiger charge is 2.56. The van der Waals surface area contributed by atoms with Gasteiger partial charge >= 0.3 is 0 Å². The van der Waals surface area contributed by atoms with Crippen molar-refractivity contribution in [2.45, 2.75) is 320 Å². The van der Waals surface area contributed by atoms with E-state index in [0.29, 0.717) is 0 Å². The second kappa shape index (κ2) is 26.6. The standard InChI is InChI=1S/C63H112O14/c1-22-43-50-29(8)36(15)57(64-43)72-51-31(10)38(17)59(66-44(51)23-2)74-53-33(12)40(19)61(68-46(53)25-4)76-55-35(14)42(21)63(70-48(55)27-6)77-56-34(13)41(20)62(69-49(56)28-7)75-54-32(11)39(18)60(67-47(54)26-5)73-52-30(9)37(16)58(71-50)65-45(52)24-3/h29-63H,22-28H2,1-21H3. The Kier molecular flexibility index (Phi) is 21.6. The first-order valence-electron chi connectivity index (χ1n) is 31.8. The van der Waals surface area contributed by atoms with Crippen LogP contribution in [0.2, 0.25) is 0 Å². The lowest BCUT2D eigenvalue weighted by Gasteiger charge is -2.52. The molecule has 0 aromatic heterocycles. The first kappa shape index (κ1) is 62.5. The summed E-state index contributed by atoms with van der Waals surface area (Å²) < 4.78 is 99.4. The van der Waals surface area contributed by atoms with Gasteiger partial charge in [0.15, 0.2) is 44.0 Å². The van der Waals surface area contributed by atoms with Crippen molar-refractivity contribution in [1.29, 1.82) is 0 Å². The second-order valence-corrected chi connectivity index (χ2v) is 26.4. The van der Waals surface area contributed by atoms with Gasteiger partial charge < -0.3 is 66.3 Å². The van der Waals surface area contributed by atoms with Gasteiger partial charge in [-0.25, -0.2) is 0 Å². The quantitative estimate of drug-likeness (QED) is 0.240. The summed E-state index contributed by atoms with van der Waals surface area (Å²) in [5.74, 6) is 1.39. The maximum absolute atomic E-state index is 7.19. The fourth-order valence-corrected chi connectivity index (χ4v) is 14.8. The van der Waals surface area contributed by atoms with Gasteiger partial charge in [-0.05, 0) is 86.4 Å². The summed E-state index contributed by atoms with van der Waals surface area (Å²) in [4.78, 5) is 0. The van der Waals surface area contributed by atoms with E-state index >= 15 is 0 Å². The van der Waals surface area contributed by atoms with Crippen LogP contribution in [0.1, 0.15) is 190 Å². The van der Waals surface area contributed by atoms with E-state index < -0.39 is 44.0 Å². The molecule has 21 heterocycles. The Labute approximate surface area is 467 Å². The maximum atomic E-state index is 7.19. The summed E-state index contributed by atoms with van der Waals surface area (Å²) >= 11 is 0. The van der Waals surface area contributed by atoms with E-state index in [1.807, 2.05) is 0 Å². The molecule has 35 unspecified atom stereocenters. The van der Waals surface area contributed by atoms with Crippen molar-refractivity contribution in [3.8, 4) is 0 Å². The molecule has 0 radical (unpaired) electrons. The molecule has 35 atom stereocenters. The molecule has 14 bridgehead atoms. The first-order valence-corrected chi connectivity index (χ1v) is 31.8. The summed E-state index contributed by atoms with van der Waals surface area (Å²) in [5, 5.41) is 0. The monoisotopic (exact) mass is 1090 g/mol. The number of hydrogen-bond acceptors (Lipinski definition) is 14. The molecule has 21 saturated heterocycles. The lowest BCUT2D eigenvalue weighted by Crippen LogP contribution is -2.60. The zero-order valence-corrected chi connectivity index (χ0v) is 51.9. The summed E-state index contributed by atoms with van der Waals surface area (Å²) in [6, 6.07) is 0. The van der Waals surface area contributed by atoms with Crippen LogP contribution in [0.5, 0.6) is 0 Å². The molecule has 21 rings (SSSR count). The molecule has 0 aliphatic carbocycles. The van der Waals surface area contributed by atoms with Crippen LogP contribution in [0.15, 0.2) is 0 Å². The van der Waals surface area contributed by atoms with E-state index in [9.17, 15) is 0 Å². The molecule has 21 fully saturated rings. The van der Waals surface area contributed by atoms with Crippen LogP contribution in [0.4, 0.5) is 0 Å². The van der Waals surface area contributed by atoms with Gasteiger partial charge in [-0.3, -0.25) is 0 Å². The molecular formula is C63H112O14. The Morgan fingerprint density at radius 2 is 0.260 bits per heavy atom. The average Bonchev–Trinajstić information content (AvgIpc) is 3.47. The molecule has 21 aliphatic rings. The molecule has 0 N–H and O–H groups in total. The Bertz CT molecular complexity index is 1440. The van der Waals surface area contributed by atoms with Crippen LogP contribution in [-0.4, -0.2) is 129 Å². The number of rotatable bonds is 7. The fraction of sp³-hybridized carbons (Fsp3) is 1.00.